The number of hydrogen-bond donors (Lipinski definition) is 1. The lowest BCUT2D eigenvalue weighted by atomic mass is 10.1. The number of alkyl halides is 3. The van der Waals surface area contributed by atoms with Gasteiger partial charge in [-0.1, -0.05) is 0 Å². The Morgan fingerprint density at radius 2 is 1.95 bits per heavy atom. The molecule has 0 aliphatic rings. The van der Waals surface area contributed by atoms with Crippen molar-refractivity contribution in [2.24, 2.45) is 0 Å². The van der Waals surface area contributed by atoms with Crippen molar-refractivity contribution in [3.05, 3.63) is 46.2 Å². The Morgan fingerprint density at radius 1 is 1.20 bits per heavy atom. The summed E-state index contributed by atoms with van der Waals surface area (Å²) in [6.45, 7) is 0. The Kier molecular flexibility index (Phi) is 3.79. The summed E-state index contributed by atoms with van der Waals surface area (Å²) in [4.78, 5) is 30.4. The third-order valence-electron chi connectivity index (χ3n) is 2.22. The van der Waals surface area contributed by atoms with Crippen LogP contribution in [0.4, 0.5) is 13.2 Å². The molecule has 2 heterocycles. The maximum Gasteiger partial charge on any atom is 0.417 e. The number of carbonyl (C=O) groups excluding carboxylic acids is 2. The Balaban J connectivity index is 2.24. The van der Waals surface area contributed by atoms with Crippen LogP contribution in [0.5, 0.6) is 0 Å². The zero-order valence-corrected chi connectivity index (χ0v) is 10.5. The maximum atomic E-state index is 12.7. The van der Waals surface area contributed by atoms with Crippen molar-refractivity contribution >= 4 is 23.2 Å². The average Bonchev–Trinajstić information content (AvgIpc) is 2.91. The molecule has 5 nitrogen and oxygen atoms in total. The number of aromatic nitrogens is 2. The summed E-state index contributed by atoms with van der Waals surface area (Å²) in [5, 5.41) is 3.33. The predicted molar refractivity (Wildman–Crippen MR) is 63.1 cm³/mol. The van der Waals surface area contributed by atoms with Gasteiger partial charge in [0.15, 0.2) is 5.01 Å². The van der Waals surface area contributed by atoms with Gasteiger partial charge in [-0.2, -0.15) is 13.2 Å². The van der Waals surface area contributed by atoms with E-state index in [2.05, 4.69) is 9.97 Å². The van der Waals surface area contributed by atoms with E-state index >= 15 is 0 Å². The van der Waals surface area contributed by atoms with Gasteiger partial charge < -0.3 is 0 Å². The lowest BCUT2D eigenvalue weighted by molar-refractivity contribution is -0.138. The van der Waals surface area contributed by atoms with Crippen LogP contribution in [0.2, 0.25) is 0 Å². The van der Waals surface area contributed by atoms with E-state index in [4.69, 9.17) is 0 Å². The molecule has 104 valence electrons. The van der Waals surface area contributed by atoms with Crippen molar-refractivity contribution in [2.75, 3.05) is 0 Å². The highest BCUT2D eigenvalue weighted by Gasteiger charge is 2.35. The van der Waals surface area contributed by atoms with Crippen molar-refractivity contribution in [1.82, 2.24) is 15.3 Å². The van der Waals surface area contributed by atoms with Crippen LogP contribution in [0, 0.1) is 0 Å². The third-order valence-corrected chi connectivity index (χ3v) is 3.00. The second-order valence-corrected chi connectivity index (χ2v) is 4.43. The number of rotatable bonds is 2. The van der Waals surface area contributed by atoms with Gasteiger partial charge in [-0.25, -0.2) is 4.98 Å². The van der Waals surface area contributed by atoms with Crippen molar-refractivity contribution in [3.8, 4) is 0 Å². The minimum absolute atomic E-state index is 0.0178. The molecule has 20 heavy (non-hydrogen) atoms. The summed E-state index contributed by atoms with van der Waals surface area (Å²) in [6, 6.07) is 0.669. The van der Waals surface area contributed by atoms with Gasteiger partial charge in [0.1, 0.15) is 0 Å². The van der Waals surface area contributed by atoms with Gasteiger partial charge in [-0.3, -0.25) is 19.9 Å². The molecular formula is C11H6F3N3O2S. The standard InChI is InChI=1S/C11H6F3N3O2S/c12-11(13,14)7-1-2-15-5-6(7)8(18)17-9(19)10-16-3-4-20-10/h1-5H,(H,17,18,19). The zero-order chi connectivity index (χ0) is 14.8. The van der Waals surface area contributed by atoms with Crippen molar-refractivity contribution in [3.63, 3.8) is 0 Å². The van der Waals surface area contributed by atoms with E-state index in [0.29, 0.717) is 6.07 Å². The fourth-order valence-electron chi connectivity index (χ4n) is 1.38. The molecule has 0 aromatic carbocycles. The summed E-state index contributed by atoms with van der Waals surface area (Å²) in [5.74, 6) is -2.03. The molecule has 0 saturated heterocycles. The number of thiazole rings is 1. The molecule has 9 heteroatoms. The minimum atomic E-state index is -4.71. The number of amides is 2. The Labute approximate surface area is 114 Å². The molecule has 2 aromatic heterocycles. The highest BCUT2D eigenvalue weighted by atomic mass is 32.1. The molecule has 0 saturated carbocycles. The summed E-state index contributed by atoms with van der Waals surface area (Å²) in [6.07, 6.45) is -1.69. The van der Waals surface area contributed by atoms with Crippen molar-refractivity contribution < 1.29 is 22.8 Å². The number of halogens is 3. The Morgan fingerprint density at radius 3 is 2.55 bits per heavy atom. The van der Waals surface area contributed by atoms with Crippen LogP contribution in [-0.2, 0) is 6.18 Å². The molecule has 2 amide bonds. The van der Waals surface area contributed by atoms with Crippen LogP contribution >= 0.6 is 11.3 Å². The van der Waals surface area contributed by atoms with Gasteiger partial charge in [0.2, 0.25) is 0 Å². The number of pyridine rings is 1. The number of hydrogen-bond acceptors (Lipinski definition) is 5. The number of nitrogens with one attached hydrogen (secondary N) is 1. The molecule has 0 aliphatic carbocycles. The van der Waals surface area contributed by atoms with E-state index in [1.165, 1.54) is 11.6 Å². The molecule has 2 aromatic rings. The first-order valence-corrected chi connectivity index (χ1v) is 6.04. The van der Waals surface area contributed by atoms with Gasteiger partial charge in [0, 0.05) is 24.0 Å². The molecule has 1 N–H and O–H groups in total. The van der Waals surface area contributed by atoms with E-state index in [9.17, 15) is 22.8 Å². The molecule has 2 rings (SSSR count). The largest absolute Gasteiger partial charge is 0.417 e. The fraction of sp³-hybridized carbons (Fsp3) is 0.0909. The molecule has 0 radical (unpaired) electrons. The molecule has 0 aliphatic heterocycles. The van der Waals surface area contributed by atoms with Crippen LogP contribution in [0.25, 0.3) is 0 Å². The molecular weight excluding hydrogens is 295 g/mol. The Hall–Kier alpha value is -2.29. The molecule has 0 atom stereocenters. The second-order valence-electron chi connectivity index (χ2n) is 3.54. The van der Waals surface area contributed by atoms with Crippen LogP contribution in [-0.4, -0.2) is 21.8 Å². The monoisotopic (exact) mass is 301 g/mol. The average molecular weight is 301 g/mol. The summed E-state index contributed by atoms with van der Waals surface area (Å²) < 4.78 is 38.1. The maximum absolute atomic E-state index is 12.7. The SMILES string of the molecule is O=C(NC(=O)c1cnccc1C(F)(F)F)c1nccs1. The molecule has 0 bridgehead atoms. The van der Waals surface area contributed by atoms with Gasteiger partial charge >= 0.3 is 6.18 Å². The summed E-state index contributed by atoms with van der Waals surface area (Å²) in [7, 11) is 0. The van der Waals surface area contributed by atoms with E-state index in [0.717, 1.165) is 23.7 Å². The summed E-state index contributed by atoms with van der Waals surface area (Å²) in [5.41, 5.74) is -1.87. The minimum Gasteiger partial charge on any atom is -0.286 e. The van der Waals surface area contributed by atoms with E-state index in [1.54, 1.807) is 0 Å². The van der Waals surface area contributed by atoms with Crippen molar-refractivity contribution in [1.29, 1.82) is 0 Å². The van der Waals surface area contributed by atoms with Crippen molar-refractivity contribution in [2.45, 2.75) is 6.18 Å². The van der Waals surface area contributed by atoms with Crippen LogP contribution in [0.1, 0.15) is 25.7 Å². The van der Waals surface area contributed by atoms with E-state index in [1.807, 2.05) is 5.32 Å². The van der Waals surface area contributed by atoms with E-state index < -0.39 is 29.1 Å². The van der Waals surface area contributed by atoms with E-state index in [-0.39, 0.29) is 5.01 Å². The first-order chi connectivity index (χ1) is 9.39. The third kappa shape index (κ3) is 2.99. The van der Waals surface area contributed by atoms with Gasteiger partial charge in [0.05, 0.1) is 11.1 Å². The lowest BCUT2D eigenvalue weighted by Crippen LogP contribution is -2.32. The number of carbonyl (C=O) groups is 2. The molecule has 0 fully saturated rings. The lowest BCUT2D eigenvalue weighted by Gasteiger charge is -2.11. The smallest absolute Gasteiger partial charge is 0.286 e. The molecule has 0 spiro atoms. The van der Waals surface area contributed by atoms with Gasteiger partial charge in [-0.15, -0.1) is 11.3 Å². The van der Waals surface area contributed by atoms with Crippen LogP contribution < -0.4 is 5.32 Å². The first kappa shape index (κ1) is 14.1. The number of imide groups is 1. The zero-order valence-electron chi connectivity index (χ0n) is 9.64. The first-order valence-electron chi connectivity index (χ1n) is 5.16. The number of nitrogens with zero attached hydrogens (tertiary/aromatic N) is 2. The second kappa shape index (κ2) is 5.37. The Bertz CT molecular complexity index is 641. The van der Waals surface area contributed by atoms with Gasteiger partial charge in [0.25, 0.3) is 11.8 Å². The van der Waals surface area contributed by atoms with Crippen LogP contribution in [0.3, 0.4) is 0 Å². The van der Waals surface area contributed by atoms with Gasteiger partial charge in [-0.05, 0) is 6.07 Å². The fourth-order valence-corrected chi connectivity index (χ4v) is 1.91. The quantitative estimate of drug-likeness (QED) is 0.863. The summed E-state index contributed by atoms with van der Waals surface area (Å²) >= 11 is 0.965. The topological polar surface area (TPSA) is 72.0 Å². The normalized spacial score (nSPS) is 11.2. The molecule has 0 unspecified atom stereocenters. The predicted octanol–water partition coefficient (Wildman–Crippen LogP) is 2.13. The highest BCUT2D eigenvalue weighted by molar-refractivity contribution is 7.11. The highest BCUT2D eigenvalue weighted by Crippen LogP contribution is 2.31. The van der Waals surface area contributed by atoms with Crippen LogP contribution in [0.15, 0.2) is 30.0 Å².